The van der Waals surface area contributed by atoms with Crippen LogP contribution >= 0.6 is 0 Å². The van der Waals surface area contributed by atoms with Crippen LogP contribution in [0.2, 0.25) is 0 Å². The third-order valence-corrected chi connectivity index (χ3v) is 10.5. The lowest BCUT2D eigenvalue weighted by molar-refractivity contribution is -0.123. The van der Waals surface area contributed by atoms with Crippen LogP contribution in [0, 0.1) is 0 Å². The maximum atomic E-state index is 12.3. The number of rotatable bonds is 43. The molecule has 0 rings (SSSR count). The highest BCUT2D eigenvalue weighted by Gasteiger charge is 2.17. The van der Waals surface area contributed by atoms with Crippen molar-refractivity contribution < 1.29 is 15.0 Å². The standard InChI is InChI=1S/C54H93NO3/c1-3-5-7-9-11-12-13-14-15-16-17-18-19-20-21-22-23-24-25-26-27-28-29-30-31-32-33-34-35-36-37-38-39-40-41-42-44-46-48-50-54(58)55-52(51-56)53(57)49-47-45-43-10-8-6-4-2/h5,7-8,10-12,14-15,17-18,20-21,23-24,47,49,52-53,56-57H,3-4,6,9,13,16,19,22,25-46,48,50-51H2,1-2H3,(H,55,58)/b7-5-,10-8+,12-11-,15-14-,18-17-,21-20-,24-23-,49-47+. The Hall–Kier alpha value is -2.69. The maximum absolute atomic E-state index is 12.3. The second-order valence-corrected chi connectivity index (χ2v) is 16.1. The number of nitrogens with one attached hydrogen (secondary N) is 1. The Balaban J connectivity index is 3.43. The van der Waals surface area contributed by atoms with Crippen LogP contribution in [-0.4, -0.2) is 34.9 Å². The van der Waals surface area contributed by atoms with Crippen molar-refractivity contribution in [3.63, 3.8) is 0 Å². The van der Waals surface area contributed by atoms with Gasteiger partial charge in [-0.2, -0.15) is 0 Å². The number of aliphatic hydroxyl groups excluding tert-OH is 2. The zero-order valence-electron chi connectivity index (χ0n) is 38.0. The molecule has 0 fully saturated rings. The number of carbonyl (C=O) groups excluding carboxylic acids is 1. The van der Waals surface area contributed by atoms with Crippen LogP contribution in [0.1, 0.15) is 219 Å². The fraction of sp³-hybridized carbons (Fsp3) is 0.685. The van der Waals surface area contributed by atoms with Crippen molar-refractivity contribution in [3.8, 4) is 0 Å². The molecule has 2 unspecified atom stereocenters. The average Bonchev–Trinajstić information content (AvgIpc) is 3.23. The van der Waals surface area contributed by atoms with Crippen LogP contribution in [0.5, 0.6) is 0 Å². The van der Waals surface area contributed by atoms with Crippen LogP contribution < -0.4 is 5.32 Å². The summed E-state index contributed by atoms with van der Waals surface area (Å²) in [5.41, 5.74) is 0. The molecular formula is C54H93NO3. The molecule has 0 aromatic heterocycles. The zero-order chi connectivity index (χ0) is 42.1. The van der Waals surface area contributed by atoms with E-state index in [0.29, 0.717) is 6.42 Å². The highest BCUT2D eigenvalue weighted by molar-refractivity contribution is 5.76. The number of allylic oxidation sites excluding steroid dienone is 15. The number of hydrogen-bond donors (Lipinski definition) is 3. The van der Waals surface area contributed by atoms with Crippen molar-refractivity contribution in [2.75, 3.05) is 6.61 Å². The van der Waals surface area contributed by atoms with Crippen molar-refractivity contribution in [1.82, 2.24) is 5.32 Å². The summed E-state index contributed by atoms with van der Waals surface area (Å²) in [5, 5.41) is 22.8. The first-order valence-corrected chi connectivity index (χ1v) is 24.5. The first-order chi connectivity index (χ1) is 28.7. The summed E-state index contributed by atoms with van der Waals surface area (Å²) in [6.45, 7) is 4.07. The summed E-state index contributed by atoms with van der Waals surface area (Å²) in [6, 6.07) is -0.638. The Morgan fingerprint density at radius 1 is 0.431 bits per heavy atom. The second kappa shape index (κ2) is 48.7. The van der Waals surface area contributed by atoms with Crippen LogP contribution in [0.15, 0.2) is 97.2 Å². The van der Waals surface area contributed by atoms with Crippen LogP contribution in [-0.2, 0) is 4.79 Å². The maximum Gasteiger partial charge on any atom is 0.220 e. The van der Waals surface area contributed by atoms with Gasteiger partial charge in [-0.1, -0.05) is 233 Å². The van der Waals surface area contributed by atoms with Crippen molar-refractivity contribution in [3.05, 3.63) is 97.2 Å². The lowest BCUT2D eigenvalue weighted by Gasteiger charge is -2.19. The largest absolute Gasteiger partial charge is 0.394 e. The van der Waals surface area contributed by atoms with E-state index in [0.717, 1.165) is 77.0 Å². The molecule has 0 heterocycles. The number of hydrogen-bond acceptors (Lipinski definition) is 3. The van der Waals surface area contributed by atoms with Gasteiger partial charge >= 0.3 is 0 Å². The van der Waals surface area contributed by atoms with Gasteiger partial charge in [0.1, 0.15) is 0 Å². The third-order valence-electron chi connectivity index (χ3n) is 10.5. The van der Waals surface area contributed by atoms with E-state index in [-0.39, 0.29) is 12.5 Å². The van der Waals surface area contributed by atoms with Crippen LogP contribution in [0.25, 0.3) is 0 Å². The molecule has 1 amide bonds. The Kier molecular flexibility index (Phi) is 46.4. The quantitative estimate of drug-likeness (QED) is 0.0425. The lowest BCUT2D eigenvalue weighted by Crippen LogP contribution is -2.45. The van der Waals surface area contributed by atoms with Crippen LogP contribution in [0.4, 0.5) is 0 Å². The predicted octanol–water partition coefficient (Wildman–Crippen LogP) is 15.8. The molecule has 0 spiro atoms. The first kappa shape index (κ1) is 55.3. The second-order valence-electron chi connectivity index (χ2n) is 16.1. The summed E-state index contributed by atoms with van der Waals surface area (Å²) < 4.78 is 0. The van der Waals surface area contributed by atoms with E-state index >= 15 is 0 Å². The summed E-state index contributed by atoms with van der Waals surface area (Å²) >= 11 is 0. The monoisotopic (exact) mass is 804 g/mol. The predicted molar refractivity (Wildman–Crippen MR) is 257 cm³/mol. The van der Waals surface area contributed by atoms with E-state index in [1.165, 1.54) is 122 Å². The molecule has 2 atom stereocenters. The summed E-state index contributed by atoms with van der Waals surface area (Å²) in [5.74, 6) is -0.0799. The van der Waals surface area contributed by atoms with Gasteiger partial charge < -0.3 is 15.5 Å². The van der Waals surface area contributed by atoms with Gasteiger partial charge in [0.2, 0.25) is 5.91 Å². The molecule has 0 aliphatic rings. The van der Waals surface area contributed by atoms with Crippen molar-refractivity contribution in [2.45, 2.75) is 231 Å². The van der Waals surface area contributed by atoms with Gasteiger partial charge in [-0.05, 0) is 77.0 Å². The van der Waals surface area contributed by atoms with Crippen molar-refractivity contribution in [1.29, 1.82) is 0 Å². The SMILES string of the molecule is CC/C=C\C/C=C\C/C=C\C/C=C\C/C=C\C/C=C\CCCCCCCCCCCCCCCCCCCCCCC(=O)NC(CO)C(O)/C=C/CC/C=C/CCC. The molecule has 0 saturated carbocycles. The Bertz CT molecular complexity index is 1090. The van der Waals surface area contributed by atoms with Gasteiger partial charge in [-0.3, -0.25) is 4.79 Å². The van der Waals surface area contributed by atoms with E-state index < -0.39 is 12.1 Å². The molecule has 0 aromatic carbocycles. The van der Waals surface area contributed by atoms with Gasteiger partial charge in [0.15, 0.2) is 0 Å². The van der Waals surface area contributed by atoms with Crippen molar-refractivity contribution >= 4 is 5.91 Å². The molecule has 0 aliphatic heterocycles. The fourth-order valence-electron chi connectivity index (χ4n) is 6.85. The Morgan fingerprint density at radius 2 is 0.776 bits per heavy atom. The van der Waals surface area contributed by atoms with Gasteiger partial charge in [-0.25, -0.2) is 0 Å². The van der Waals surface area contributed by atoms with Gasteiger partial charge in [0.05, 0.1) is 18.8 Å². The van der Waals surface area contributed by atoms with E-state index in [1.807, 2.05) is 6.08 Å². The number of unbranched alkanes of at least 4 members (excludes halogenated alkanes) is 22. The van der Waals surface area contributed by atoms with E-state index in [2.05, 4.69) is 104 Å². The van der Waals surface area contributed by atoms with E-state index in [9.17, 15) is 15.0 Å². The fourth-order valence-corrected chi connectivity index (χ4v) is 6.85. The zero-order valence-corrected chi connectivity index (χ0v) is 38.0. The Morgan fingerprint density at radius 3 is 1.19 bits per heavy atom. The van der Waals surface area contributed by atoms with Crippen molar-refractivity contribution in [2.24, 2.45) is 0 Å². The summed E-state index contributed by atoms with van der Waals surface area (Å²) in [4.78, 5) is 12.3. The third kappa shape index (κ3) is 44.4. The summed E-state index contributed by atoms with van der Waals surface area (Å²) in [6.07, 6.45) is 72.9. The highest BCUT2D eigenvalue weighted by atomic mass is 16.3. The minimum atomic E-state index is -0.861. The minimum Gasteiger partial charge on any atom is -0.394 e. The van der Waals surface area contributed by atoms with Gasteiger partial charge in [0.25, 0.3) is 0 Å². The highest BCUT2D eigenvalue weighted by Crippen LogP contribution is 2.16. The van der Waals surface area contributed by atoms with E-state index in [4.69, 9.17) is 0 Å². The first-order valence-electron chi connectivity index (χ1n) is 24.5. The molecule has 332 valence electrons. The molecule has 4 heteroatoms. The normalized spacial score (nSPS) is 13.8. The molecule has 0 radical (unpaired) electrons. The molecule has 0 saturated heterocycles. The number of aliphatic hydroxyl groups is 2. The lowest BCUT2D eigenvalue weighted by atomic mass is 10.0. The number of carbonyl (C=O) groups is 1. The molecule has 4 nitrogen and oxygen atoms in total. The molecular weight excluding hydrogens is 711 g/mol. The van der Waals surface area contributed by atoms with Gasteiger partial charge in [0, 0.05) is 6.42 Å². The molecule has 0 aliphatic carbocycles. The molecule has 0 aromatic rings. The smallest absolute Gasteiger partial charge is 0.220 e. The summed E-state index contributed by atoms with van der Waals surface area (Å²) in [7, 11) is 0. The Labute approximate surface area is 360 Å². The molecule has 0 bridgehead atoms. The van der Waals surface area contributed by atoms with E-state index in [1.54, 1.807) is 6.08 Å². The topological polar surface area (TPSA) is 69.6 Å². The van der Waals surface area contributed by atoms with Crippen LogP contribution in [0.3, 0.4) is 0 Å². The number of amides is 1. The van der Waals surface area contributed by atoms with Gasteiger partial charge in [-0.15, -0.1) is 0 Å². The molecule has 58 heavy (non-hydrogen) atoms. The molecule has 3 N–H and O–H groups in total. The average molecular weight is 804 g/mol. The minimum absolute atomic E-state index is 0.0799.